The van der Waals surface area contributed by atoms with Gasteiger partial charge < -0.3 is 14.8 Å². The van der Waals surface area contributed by atoms with Gasteiger partial charge in [-0.05, 0) is 24.3 Å². The fourth-order valence-corrected chi connectivity index (χ4v) is 3.90. The number of methoxy groups -OCH3 is 2. The molecule has 178 valence electrons. The third-order valence-electron chi connectivity index (χ3n) is 5.00. The molecule has 4 aromatic rings. The molecule has 2 heterocycles. The minimum atomic E-state index is -0.660. The van der Waals surface area contributed by atoms with E-state index < -0.39 is 10.7 Å². The van der Waals surface area contributed by atoms with Gasteiger partial charge in [0.2, 0.25) is 0 Å². The molecule has 0 atom stereocenters. The largest absolute Gasteiger partial charge is 0.495 e. The molecule has 4 rings (SSSR count). The van der Waals surface area contributed by atoms with Crippen LogP contribution < -0.4 is 14.8 Å². The molecule has 0 spiro atoms. The highest BCUT2D eigenvalue weighted by Crippen LogP contribution is 2.45. The molecule has 0 fully saturated rings. The number of benzene rings is 2. The van der Waals surface area contributed by atoms with Crippen LogP contribution in [0.4, 0.5) is 21.6 Å². The quantitative estimate of drug-likeness (QED) is 0.224. The Labute approximate surface area is 208 Å². The lowest BCUT2D eigenvalue weighted by Crippen LogP contribution is -2.01. The zero-order valence-corrected chi connectivity index (χ0v) is 19.8. The minimum Gasteiger partial charge on any atom is -0.495 e. The number of non-ortho nitro benzene ring substituents is 1. The molecule has 1 N–H and O–H groups in total. The molecule has 12 heteroatoms. The van der Waals surface area contributed by atoms with Crippen molar-refractivity contribution in [2.75, 3.05) is 19.5 Å². The van der Waals surface area contributed by atoms with Gasteiger partial charge in [0.25, 0.3) is 5.69 Å². The summed E-state index contributed by atoms with van der Waals surface area (Å²) in [4.78, 5) is 23.3. The summed E-state index contributed by atoms with van der Waals surface area (Å²) in [6.07, 6.45) is 2.78. The van der Waals surface area contributed by atoms with Crippen LogP contribution in [0.1, 0.15) is 0 Å². The Balaban J connectivity index is 1.80. The zero-order valence-electron chi connectivity index (χ0n) is 18.3. The third kappa shape index (κ3) is 4.79. The van der Waals surface area contributed by atoms with Gasteiger partial charge in [0.15, 0.2) is 0 Å². The Hall–Kier alpha value is -4.02. The molecular formula is C23H16Cl2FN5O4. The van der Waals surface area contributed by atoms with Crippen molar-refractivity contribution in [1.82, 2.24) is 15.0 Å². The second-order valence-corrected chi connectivity index (χ2v) is 7.77. The predicted octanol–water partition coefficient (Wildman–Crippen LogP) is 6.32. The molecule has 2 aromatic heterocycles. The summed E-state index contributed by atoms with van der Waals surface area (Å²) in [5.74, 6) is 0.333. The van der Waals surface area contributed by atoms with Crippen LogP contribution in [-0.2, 0) is 0 Å². The van der Waals surface area contributed by atoms with Crippen LogP contribution in [0.5, 0.6) is 11.5 Å². The minimum absolute atomic E-state index is 0.0372. The van der Waals surface area contributed by atoms with Crippen molar-refractivity contribution in [2.24, 2.45) is 0 Å². The van der Waals surface area contributed by atoms with Gasteiger partial charge in [0.1, 0.15) is 39.5 Å². The number of pyridine rings is 1. The first-order valence-electron chi connectivity index (χ1n) is 9.92. The molecule has 0 saturated carbocycles. The lowest BCUT2D eigenvalue weighted by molar-refractivity contribution is -0.384. The van der Waals surface area contributed by atoms with Crippen LogP contribution >= 0.6 is 23.2 Å². The topological polar surface area (TPSA) is 112 Å². The first-order chi connectivity index (χ1) is 16.8. The van der Waals surface area contributed by atoms with E-state index in [9.17, 15) is 14.5 Å². The van der Waals surface area contributed by atoms with E-state index in [1.54, 1.807) is 24.4 Å². The Morgan fingerprint density at radius 3 is 2.23 bits per heavy atom. The van der Waals surface area contributed by atoms with E-state index in [0.717, 1.165) is 18.2 Å². The van der Waals surface area contributed by atoms with Gasteiger partial charge in [-0.3, -0.25) is 10.1 Å². The van der Waals surface area contributed by atoms with Crippen molar-refractivity contribution < 1.29 is 18.8 Å². The smallest absolute Gasteiger partial charge is 0.270 e. The molecule has 0 aliphatic heterocycles. The Morgan fingerprint density at radius 2 is 1.60 bits per heavy atom. The van der Waals surface area contributed by atoms with Crippen LogP contribution in [0, 0.1) is 15.9 Å². The Kier molecular flexibility index (Phi) is 6.94. The fraction of sp³-hybridized carbons (Fsp3) is 0.0870. The Bertz CT molecular complexity index is 1410. The van der Waals surface area contributed by atoms with Crippen molar-refractivity contribution in [3.05, 3.63) is 81.0 Å². The summed E-state index contributed by atoms with van der Waals surface area (Å²) in [5.41, 5.74) is 1.04. The van der Waals surface area contributed by atoms with Crippen LogP contribution in [-0.4, -0.2) is 34.1 Å². The first kappa shape index (κ1) is 24.1. The number of nitrogens with one attached hydrogen (secondary N) is 1. The van der Waals surface area contributed by atoms with E-state index >= 15 is 0 Å². The number of halogens is 3. The second kappa shape index (κ2) is 10.1. The van der Waals surface area contributed by atoms with Crippen LogP contribution in [0.15, 0.2) is 55.0 Å². The predicted molar refractivity (Wildman–Crippen MR) is 130 cm³/mol. The van der Waals surface area contributed by atoms with Gasteiger partial charge in [-0.1, -0.05) is 23.2 Å². The highest BCUT2D eigenvalue weighted by Gasteiger charge is 2.20. The summed E-state index contributed by atoms with van der Waals surface area (Å²) in [5, 5.41) is 14.6. The molecule has 0 saturated heterocycles. The lowest BCUT2D eigenvalue weighted by Gasteiger charge is -2.17. The van der Waals surface area contributed by atoms with Crippen molar-refractivity contribution in [2.45, 2.75) is 0 Å². The summed E-state index contributed by atoms with van der Waals surface area (Å²) < 4.78 is 25.1. The number of nitrogens with zero attached hydrogens (tertiary/aromatic N) is 4. The maximum Gasteiger partial charge on any atom is 0.270 e. The third-order valence-corrected chi connectivity index (χ3v) is 5.76. The van der Waals surface area contributed by atoms with Crippen LogP contribution in [0.3, 0.4) is 0 Å². The summed E-state index contributed by atoms with van der Waals surface area (Å²) in [6.45, 7) is 0. The Morgan fingerprint density at radius 1 is 0.943 bits per heavy atom. The van der Waals surface area contributed by atoms with Crippen LogP contribution in [0.25, 0.3) is 22.5 Å². The number of aromatic nitrogens is 3. The van der Waals surface area contributed by atoms with Gasteiger partial charge in [-0.15, -0.1) is 0 Å². The number of nitro benzene ring substituents is 1. The molecule has 0 aliphatic carbocycles. The van der Waals surface area contributed by atoms with E-state index in [1.165, 1.54) is 26.6 Å². The molecule has 2 aromatic carbocycles. The SMILES string of the molecule is COc1cc(OC)c(Cl)c(Nc2ncccc2-c2cc(-c3cc([N+](=O)[O-])ccc3F)ncn2)c1Cl. The molecule has 0 aliphatic rings. The van der Waals surface area contributed by atoms with Crippen molar-refractivity contribution >= 4 is 40.4 Å². The van der Waals surface area contributed by atoms with Gasteiger partial charge in [0, 0.05) is 35.5 Å². The number of anilines is 2. The molecule has 0 unspecified atom stereocenters. The number of rotatable bonds is 7. The monoisotopic (exact) mass is 515 g/mol. The van der Waals surface area contributed by atoms with E-state index in [-0.39, 0.29) is 27.0 Å². The average molecular weight is 516 g/mol. The van der Waals surface area contributed by atoms with Gasteiger partial charge in [-0.2, -0.15) is 0 Å². The normalized spacial score (nSPS) is 10.7. The molecule has 35 heavy (non-hydrogen) atoms. The van der Waals surface area contributed by atoms with E-state index in [1.807, 2.05) is 0 Å². The summed E-state index contributed by atoms with van der Waals surface area (Å²) in [7, 11) is 2.92. The van der Waals surface area contributed by atoms with Gasteiger partial charge >= 0.3 is 0 Å². The van der Waals surface area contributed by atoms with E-state index in [2.05, 4.69) is 20.3 Å². The van der Waals surface area contributed by atoms with Gasteiger partial charge in [-0.25, -0.2) is 19.3 Å². The number of nitro groups is 1. The van der Waals surface area contributed by atoms with E-state index in [0.29, 0.717) is 34.3 Å². The molecule has 0 bridgehead atoms. The molecule has 9 nitrogen and oxygen atoms in total. The molecule has 0 radical (unpaired) electrons. The van der Waals surface area contributed by atoms with Crippen molar-refractivity contribution in [3.8, 4) is 34.0 Å². The zero-order chi connectivity index (χ0) is 25.1. The number of hydrogen-bond acceptors (Lipinski definition) is 8. The van der Waals surface area contributed by atoms with E-state index in [4.69, 9.17) is 32.7 Å². The lowest BCUT2D eigenvalue weighted by atomic mass is 10.1. The fourth-order valence-electron chi connectivity index (χ4n) is 3.30. The number of hydrogen-bond donors (Lipinski definition) is 1. The highest BCUT2D eigenvalue weighted by molar-refractivity contribution is 6.41. The first-order valence-corrected chi connectivity index (χ1v) is 10.7. The summed E-state index contributed by atoms with van der Waals surface area (Å²) >= 11 is 13.0. The molecule has 0 amide bonds. The maximum atomic E-state index is 14.5. The molecular weight excluding hydrogens is 500 g/mol. The van der Waals surface area contributed by atoms with Crippen LogP contribution in [0.2, 0.25) is 10.0 Å². The second-order valence-electron chi connectivity index (χ2n) is 7.02. The van der Waals surface area contributed by atoms with Crippen molar-refractivity contribution in [3.63, 3.8) is 0 Å². The van der Waals surface area contributed by atoms with Gasteiger partial charge in [0.05, 0.1) is 36.2 Å². The highest BCUT2D eigenvalue weighted by atomic mass is 35.5. The van der Waals surface area contributed by atoms with Crippen molar-refractivity contribution in [1.29, 1.82) is 0 Å². The number of ether oxygens (including phenoxy) is 2. The maximum absolute atomic E-state index is 14.5. The standard InChI is InChI=1S/C23H16Cl2FN5O4/c1-34-18-10-19(35-2)21(25)22(20(18)24)30-23-13(4-3-7-27-23)16-9-17(29-11-28-16)14-8-12(31(32)33)5-6-15(14)26/h3-11H,1-2H3,(H,27,30). The summed E-state index contributed by atoms with van der Waals surface area (Å²) in [6, 6.07) is 9.69. The average Bonchev–Trinajstić information content (AvgIpc) is 2.87.